The molecule has 6 nitrogen and oxygen atoms in total. The molecule has 0 aliphatic heterocycles. The summed E-state index contributed by atoms with van der Waals surface area (Å²) in [5.74, 6) is -0.0903. The molecule has 0 N–H and O–H groups in total. The first kappa shape index (κ1) is 28.8. The summed E-state index contributed by atoms with van der Waals surface area (Å²) in [7, 11) is 0. The molecule has 1 fully saturated rings. The van der Waals surface area contributed by atoms with Gasteiger partial charge in [-0.15, -0.1) is 6.54 Å². The van der Waals surface area contributed by atoms with Crippen molar-refractivity contribution in [2.45, 2.75) is 58.9 Å². The van der Waals surface area contributed by atoms with Crippen molar-refractivity contribution in [2.75, 3.05) is 26.4 Å². The number of ether oxygens (including phenoxy) is 2. The number of hydrogen-bond acceptors (Lipinski definition) is 5. The zero-order chi connectivity index (χ0) is 21.8. The minimum absolute atomic E-state index is 0. The van der Waals surface area contributed by atoms with Gasteiger partial charge in [0, 0.05) is 32.7 Å². The van der Waals surface area contributed by atoms with Crippen LogP contribution in [0, 0.1) is 11.8 Å². The number of carbonyl (C=O) groups is 3. The van der Waals surface area contributed by atoms with Crippen LogP contribution in [0.25, 0.3) is 5.32 Å². The van der Waals surface area contributed by atoms with Gasteiger partial charge >= 0.3 is 58.2 Å². The van der Waals surface area contributed by atoms with Crippen molar-refractivity contribution < 1.29 is 82.0 Å². The Balaban J connectivity index is 0.00000480. The summed E-state index contributed by atoms with van der Waals surface area (Å²) in [5, 5.41) is 4.02. The zero-order valence-corrected chi connectivity index (χ0v) is 24.1. The van der Waals surface area contributed by atoms with E-state index in [4.69, 9.17) is 9.47 Å². The fourth-order valence-electron chi connectivity index (χ4n) is 3.38. The largest absolute Gasteiger partial charge is 1.00 e. The van der Waals surface area contributed by atoms with E-state index in [1.54, 1.807) is 0 Å². The van der Waals surface area contributed by atoms with Crippen LogP contribution in [-0.4, -0.2) is 43.9 Å². The first-order valence-electron chi connectivity index (χ1n) is 10.9. The number of Topliss-reactive ketones (excluding diaryl/α,β-unsaturated/α-hetero) is 2. The summed E-state index contributed by atoms with van der Waals surface area (Å²) >= 11 is 0. The monoisotopic (exact) mass is 501 g/mol. The van der Waals surface area contributed by atoms with Crippen molar-refractivity contribution in [3.63, 3.8) is 0 Å². The third kappa shape index (κ3) is 12.0. The van der Waals surface area contributed by atoms with Crippen LogP contribution in [0.15, 0.2) is 24.3 Å². The van der Waals surface area contributed by atoms with Gasteiger partial charge < -0.3 is 19.6 Å². The Morgan fingerprint density at radius 1 is 1.06 bits per heavy atom. The zero-order valence-electron chi connectivity index (χ0n) is 19.2. The van der Waals surface area contributed by atoms with E-state index in [2.05, 4.69) is 19.2 Å². The van der Waals surface area contributed by atoms with Gasteiger partial charge in [0.2, 0.25) is 0 Å². The maximum atomic E-state index is 12.4. The summed E-state index contributed by atoms with van der Waals surface area (Å²) in [6.07, 6.45) is 4.10. The van der Waals surface area contributed by atoms with Crippen LogP contribution in [0.1, 0.15) is 57.1 Å². The van der Waals surface area contributed by atoms with Gasteiger partial charge in [0.05, 0.1) is 18.4 Å². The molecule has 1 aromatic carbocycles. The summed E-state index contributed by atoms with van der Waals surface area (Å²) in [6.45, 7) is 6.31. The number of ketones is 2. The third-order valence-corrected chi connectivity index (χ3v) is 5.04. The minimum atomic E-state index is -0.423. The van der Waals surface area contributed by atoms with E-state index < -0.39 is 5.92 Å². The van der Waals surface area contributed by atoms with Gasteiger partial charge in [-0.25, -0.2) is 0 Å². The fourth-order valence-corrected chi connectivity index (χ4v) is 3.38. The van der Waals surface area contributed by atoms with Crippen LogP contribution >= 0.6 is 0 Å². The quantitative estimate of drug-likeness (QED) is 0.298. The van der Waals surface area contributed by atoms with Crippen molar-refractivity contribution >= 4 is 17.5 Å². The van der Waals surface area contributed by atoms with Crippen LogP contribution < -0.4 is 58.2 Å². The molecule has 2 rings (SSSR count). The smallest absolute Gasteiger partial charge is 0.648 e. The van der Waals surface area contributed by atoms with E-state index in [9.17, 15) is 14.4 Å². The third-order valence-electron chi connectivity index (χ3n) is 5.04. The van der Waals surface area contributed by atoms with Crippen molar-refractivity contribution in [3.8, 4) is 0 Å². The molecule has 1 atom stereocenters. The summed E-state index contributed by atoms with van der Waals surface area (Å²) in [6, 6.07) is 7.48. The molecule has 0 spiro atoms. The molecule has 1 aliphatic rings. The molecule has 0 heterocycles. The van der Waals surface area contributed by atoms with E-state index in [-0.39, 0.29) is 95.2 Å². The molecule has 31 heavy (non-hydrogen) atoms. The predicted octanol–water partition coefficient (Wildman–Crippen LogP) is 1.04. The van der Waals surface area contributed by atoms with Crippen LogP contribution in [-0.2, 0) is 36.8 Å². The number of benzene rings is 1. The second-order valence-corrected chi connectivity index (χ2v) is 8.31. The maximum Gasteiger partial charge on any atom is 1.00 e. The molecule has 0 bridgehead atoms. The molecule has 1 aliphatic carbocycles. The van der Waals surface area contributed by atoms with Crippen LogP contribution in [0.3, 0.4) is 0 Å². The second kappa shape index (κ2) is 16.4. The number of amides is 1. The summed E-state index contributed by atoms with van der Waals surface area (Å²) in [4.78, 5) is 36.1. The molecule has 1 unspecified atom stereocenters. The topological polar surface area (TPSA) is 83.8 Å². The van der Waals surface area contributed by atoms with Gasteiger partial charge in [-0.05, 0) is 30.7 Å². The molecule has 1 saturated carbocycles. The van der Waals surface area contributed by atoms with Gasteiger partial charge in [0.1, 0.15) is 11.6 Å². The molecule has 0 radical (unpaired) electrons. The first-order chi connectivity index (χ1) is 14.5. The van der Waals surface area contributed by atoms with E-state index in [0.29, 0.717) is 32.0 Å². The maximum absolute atomic E-state index is 12.4. The van der Waals surface area contributed by atoms with E-state index in [0.717, 1.165) is 37.0 Å². The average molecular weight is 502 g/mol. The first-order valence-corrected chi connectivity index (χ1v) is 10.9. The Morgan fingerprint density at radius 2 is 1.74 bits per heavy atom. The molecule has 1 amide bonds. The number of nitrogens with zero attached hydrogens (tertiary/aromatic N) is 1. The normalized spacial score (nSPS) is 16.1. The SMILES string of the molecule is CC(C)COCCCOCC(=O)[N-]Cc1ccc(CC(=O)C2CCCCC2=O)cc1.[Rb+]. The van der Waals surface area contributed by atoms with Crippen LogP contribution in [0.5, 0.6) is 0 Å². The molecular weight excluding hydrogens is 468 g/mol. The van der Waals surface area contributed by atoms with Crippen LogP contribution in [0.2, 0.25) is 0 Å². The van der Waals surface area contributed by atoms with Crippen molar-refractivity contribution in [1.82, 2.24) is 0 Å². The summed E-state index contributed by atoms with van der Waals surface area (Å²) < 4.78 is 10.8. The molecule has 1 aromatic rings. The summed E-state index contributed by atoms with van der Waals surface area (Å²) in [5.41, 5.74) is 1.78. The number of hydrogen-bond donors (Lipinski definition) is 0. The average Bonchev–Trinajstić information content (AvgIpc) is 2.72. The second-order valence-electron chi connectivity index (χ2n) is 8.31. The van der Waals surface area contributed by atoms with Crippen molar-refractivity contribution in [1.29, 1.82) is 0 Å². The van der Waals surface area contributed by atoms with E-state index in [1.807, 2.05) is 24.3 Å². The van der Waals surface area contributed by atoms with Gasteiger partial charge in [0.25, 0.3) is 0 Å². The van der Waals surface area contributed by atoms with Crippen molar-refractivity contribution in [3.05, 3.63) is 40.7 Å². The van der Waals surface area contributed by atoms with Gasteiger partial charge in [-0.3, -0.25) is 9.59 Å². The van der Waals surface area contributed by atoms with Gasteiger partial charge in [-0.2, -0.15) is 0 Å². The van der Waals surface area contributed by atoms with Gasteiger partial charge in [0.15, 0.2) is 0 Å². The molecule has 0 aromatic heterocycles. The Hall–Kier alpha value is -0.245. The predicted molar refractivity (Wildman–Crippen MR) is 115 cm³/mol. The van der Waals surface area contributed by atoms with E-state index >= 15 is 0 Å². The number of rotatable bonds is 13. The molecular formula is C24H34NO5Rb. The van der Waals surface area contributed by atoms with Crippen molar-refractivity contribution in [2.24, 2.45) is 11.8 Å². The molecule has 166 valence electrons. The fraction of sp³-hybridized carbons (Fsp3) is 0.625. The van der Waals surface area contributed by atoms with E-state index in [1.165, 1.54) is 0 Å². The van der Waals surface area contributed by atoms with Crippen LogP contribution in [0.4, 0.5) is 0 Å². The minimum Gasteiger partial charge on any atom is -0.648 e. The Bertz CT molecular complexity index is 690. The Kier molecular flexibility index (Phi) is 15.2. The Morgan fingerprint density at radius 3 is 2.42 bits per heavy atom. The molecule has 0 saturated heterocycles. The Labute approximate surface area is 235 Å². The van der Waals surface area contributed by atoms with Gasteiger partial charge in [-0.1, -0.05) is 50.1 Å². The molecule has 7 heteroatoms. The number of carbonyl (C=O) groups excluding carboxylic acids is 3. The standard InChI is InChI=1S/C24H35NO5.Rb/c1-18(2)16-29-12-5-13-30-17-24(28)25-15-20-10-8-19(9-11-20)14-23(27)21-6-3-4-7-22(21)26;/h8-11,18,21H,3-7,12-17H2,1-2H3,(H,25,28);/q;+1/p-1.